The Morgan fingerprint density at radius 1 is 1.21 bits per heavy atom. The highest BCUT2D eigenvalue weighted by atomic mass is 19.4. The lowest BCUT2D eigenvalue weighted by Gasteiger charge is -2.36. The molecule has 2 heterocycles. The molecule has 28 heavy (non-hydrogen) atoms. The van der Waals surface area contributed by atoms with Crippen LogP contribution in [0.4, 0.5) is 13.2 Å². The van der Waals surface area contributed by atoms with Crippen LogP contribution < -0.4 is 0 Å². The molecule has 150 valence electrons. The van der Waals surface area contributed by atoms with Crippen LogP contribution >= 0.6 is 0 Å². The number of benzene rings is 1. The van der Waals surface area contributed by atoms with Gasteiger partial charge >= 0.3 is 6.18 Å². The molecule has 1 aromatic carbocycles. The Morgan fingerprint density at radius 2 is 1.93 bits per heavy atom. The zero-order valence-electron chi connectivity index (χ0n) is 15.4. The van der Waals surface area contributed by atoms with Crippen molar-refractivity contribution >= 4 is 5.91 Å². The molecule has 2 aliphatic rings. The van der Waals surface area contributed by atoms with Crippen LogP contribution in [0.1, 0.15) is 59.4 Å². The fourth-order valence-electron chi connectivity index (χ4n) is 3.40. The smallest absolute Gasteiger partial charge is 0.338 e. The molecule has 1 unspecified atom stereocenters. The van der Waals surface area contributed by atoms with E-state index in [2.05, 4.69) is 15.0 Å². The average Bonchev–Trinajstić information content (AvgIpc) is 3.43. The van der Waals surface area contributed by atoms with Gasteiger partial charge in [-0.3, -0.25) is 9.69 Å². The molecule has 1 saturated carbocycles. The number of amides is 1. The number of rotatable bonds is 4. The van der Waals surface area contributed by atoms with E-state index < -0.39 is 11.7 Å². The normalized spacial score (nSPS) is 19.6. The minimum absolute atomic E-state index is 0.0577. The monoisotopic (exact) mass is 394 g/mol. The molecule has 1 aliphatic heterocycles. The van der Waals surface area contributed by atoms with Crippen LogP contribution in [-0.4, -0.2) is 52.0 Å². The summed E-state index contributed by atoms with van der Waals surface area (Å²) in [6.07, 6.45) is -2.26. The number of piperazine rings is 1. The van der Waals surface area contributed by atoms with Crippen molar-refractivity contribution in [2.24, 2.45) is 0 Å². The van der Waals surface area contributed by atoms with Gasteiger partial charge in [-0.25, -0.2) is 0 Å². The van der Waals surface area contributed by atoms with E-state index in [-0.39, 0.29) is 17.5 Å². The summed E-state index contributed by atoms with van der Waals surface area (Å²) >= 11 is 0. The van der Waals surface area contributed by atoms with Gasteiger partial charge in [0.2, 0.25) is 5.89 Å². The van der Waals surface area contributed by atoms with Gasteiger partial charge in [-0.2, -0.15) is 18.2 Å². The SMILES string of the molecule is CC(c1nc(C2CC2)no1)N1CCN(C(=O)c2cccc(C(F)(F)F)c2)CC1. The third-order valence-corrected chi connectivity index (χ3v) is 5.34. The first kappa shape index (κ1) is 18.9. The van der Waals surface area contributed by atoms with Gasteiger partial charge in [-0.1, -0.05) is 11.2 Å². The van der Waals surface area contributed by atoms with E-state index in [1.165, 1.54) is 12.1 Å². The van der Waals surface area contributed by atoms with Gasteiger partial charge in [0.15, 0.2) is 5.82 Å². The van der Waals surface area contributed by atoms with Crippen LogP contribution in [0, 0.1) is 0 Å². The van der Waals surface area contributed by atoms with Gasteiger partial charge < -0.3 is 9.42 Å². The summed E-state index contributed by atoms with van der Waals surface area (Å²) < 4.78 is 44.0. The summed E-state index contributed by atoms with van der Waals surface area (Å²) in [7, 11) is 0. The molecule has 0 N–H and O–H groups in total. The quantitative estimate of drug-likeness (QED) is 0.795. The highest BCUT2D eigenvalue weighted by Crippen LogP contribution is 2.38. The minimum atomic E-state index is -4.46. The number of alkyl halides is 3. The number of hydrogen-bond acceptors (Lipinski definition) is 5. The largest absolute Gasteiger partial charge is 0.416 e. The summed E-state index contributed by atoms with van der Waals surface area (Å²) in [6.45, 7) is 4.03. The third kappa shape index (κ3) is 3.89. The van der Waals surface area contributed by atoms with E-state index in [9.17, 15) is 18.0 Å². The third-order valence-electron chi connectivity index (χ3n) is 5.34. The Hall–Kier alpha value is -2.42. The molecular weight excluding hydrogens is 373 g/mol. The van der Waals surface area contributed by atoms with Crippen molar-refractivity contribution in [3.63, 3.8) is 0 Å². The van der Waals surface area contributed by atoms with Crippen molar-refractivity contribution in [1.29, 1.82) is 0 Å². The first-order chi connectivity index (χ1) is 13.3. The van der Waals surface area contributed by atoms with E-state index in [0.717, 1.165) is 30.8 Å². The number of aromatic nitrogens is 2. The van der Waals surface area contributed by atoms with Gasteiger partial charge in [0.1, 0.15) is 0 Å². The van der Waals surface area contributed by atoms with Crippen molar-refractivity contribution < 1.29 is 22.5 Å². The molecule has 1 aliphatic carbocycles. The van der Waals surface area contributed by atoms with E-state index in [1.54, 1.807) is 4.90 Å². The molecule has 4 rings (SSSR count). The fraction of sp³-hybridized carbons (Fsp3) is 0.526. The maximum atomic E-state index is 12.9. The van der Waals surface area contributed by atoms with Crippen LogP contribution in [0.3, 0.4) is 0 Å². The molecule has 1 atom stereocenters. The Morgan fingerprint density at radius 3 is 2.57 bits per heavy atom. The second kappa shape index (κ2) is 7.20. The van der Waals surface area contributed by atoms with Gasteiger partial charge in [-0.05, 0) is 38.0 Å². The van der Waals surface area contributed by atoms with Crippen LogP contribution in [0.25, 0.3) is 0 Å². The second-order valence-corrected chi connectivity index (χ2v) is 7.35. The number of carbonyl (C=O) groups excluding carboxylic acids is 1. The first-order valence-electron chi connectivity index (χ1n) is 9.37. The van der Waals surface area contributed by atoms with Crippen molar-refractivity contribution in [2.45, 2.75) is 37.9 Å². The lowest BCUT2D eigenvalue weighted by Crippen LogP contribution is -2.49. The second-order valence-electron chi connectivity index (χ2n) is 7.35. The van der Waals surface area contributed by atoms with E-state index in [0.29, 0.717) is 38.0 Å². The summed E-state index contributed by atoms with van der Waals surface area (Å²) in [6, 6.07) is 4.50. The van der Waals surface area contributed by atoms with E-state index in [1.807, 2.05) is 6.92 Å². The molecule has 0 bridgehead atoms. The van der Waals surface area contributed by atoms with Gasteiger partial charge in [0, 0.05) is 37.7 Å². The van der Waals surface area contributed by atoms with Crippen molar-refractivity contribution in [3.05, 3.63) is 47.1 Å². The van der Waals surface area contributed by atoms with Crippen LogP contribution in [0.5, 0.6) is 0 Å². The molecule has 1 saturated heterocycles. The molecule has 2 aromatic rings. The van der Waals surface area contributed by atoms with Crippen molar-refractivity contribution in [3.8, 4) is 0 Å². The minimum Gasteiger partial charge on any atom is -0.338 e. The van der Waals surface area contributed by atoms with E-state index in [4.69, 9.17) is 4.52 Å². The predicted molar refractivity (Wildman–Crippen MR) is 93.6 cm³/mol. The molecule has 6 nitrogen and oxygen atoms in total. The lowest BCUT2D eigenvalue weighted by molar-refractivity contribution is -0.137. The Balaban J connectivity index is 1.37. The fourth-order valence-corrected chi connectivity index (χ4v) is 3.40. The van der Waals surface area contributed by atoms with Crippen molar-refractivity contribution in [2.75, 3.05) is 26.2 Å². The standard InChI is InChI=1S/C19H21F3N4O2/c1-12(17-23-16(24-28-17)13-5-6-13)25-7-9-26(10-8-25)18(27)14-3-2-4-15(11-14)19(20,21)22/h2-4,11-13H,5-10H2,1H3. The predicted octanol–water partition coefficient (Wildman–Crippen LogP) is 3.48. The Bertz CT molecular complexity index is 855. The molecule has 2 fully saturated rings. The maximum Gasteiger partial charge on any atom is 0.416 e. The maximum absolute atomic E-state index is 12.9. The number of hydrogen-bond donors (Lipinski definition) is 0. The number of carbonyl (C=O) groups is 1. The molecular formula is C19H21F3N4O2. The highest BCUT2D eigenvalue weighted by molar-refractivity contribution is 5.94. The molecule has 9 heteroatoms. The number of nitrogens with zero attached hydrogens (tertiary/aromatic N) is 4. The summed E-state index contributed by atoms with van der Waals surface area (Å²) in [5.41, 5.74) is -0.754. The van der Waals surface area contributed by atoms with Gasteiger partial charge in [-0.15, -0.1) is 0 Å². The lowest BCUT2D eigenvalue weighted by atomic mass is 10.1. The summed E-state index contributed by atoms with van der Waals surface area (Å²) in [5.74, 6) is 1.37. The van der Waals surface area contributed by atoms with Crippen LogP contribution in [-0.2, 0) is 6.18 Å². The number of halogens is 3. The van der Waals surface area contributed by atoms with Crippen molar-refractivity contribution in [1.82, 2.24) is 19.9 Å². The molecule has 0 radical (unpaired) electrons. The van der Waals surface area contributed by atoms with Crippen LogP contribution in [0.15, 0.2) is 28.8 Å². The zero-order chi connectivity index (χ0) is 19.9. The Kier molecular flexibility index (Phi) is 4.86. The summed E-state index contributed by atoms with van der Waals surface area (Å²) in [4.78, 5) is 20.8. The average molecular weight is 394 g/mol. The summed E-state index contributed by atoms with van der Waals surface area (Å²) in [5, 5.41) is 4.04. The topological polar surface area (TPSA) is 62.5 Å². The molecule has 1 aromatic heterocycles. The zero-order valence-corrected chi connectivity index (χ0v) is 15.4. The molecule has 0 spiro atoms. The Labute approximate surface area is 160 Å². The van der Waals surface area contributed by atoms with Crippen LogP contribution in [0.2, 0.25) is 0 Å². The van der Waals surface area contributed by atoms with E-state index >= 15 is 0 Å². The first-order valence-corrected chi connectivity index (χ1v) is 9.37. The van der Waals surface area contributed by atoms with Gasteiger partial charge in [0.25, 0.3) is 5.91 Å². The van der Waals surface area contributed by atoms with Gasteiger partial charge in [0.05, 0.1) is 11.6 Å². The molecule has 1 amide bonds. The highest BCUT2D eigenvalue weighted by Gasteiger charge is 2.33.